The highest BCUT2D eigenvalue weighted by Crippen LogP contribution is 2.35. The molecule has 1 aromatic heterocycles. The van der Waals surface area contributed by atoms with E-state index in [1.54, 1.807) is 0 Å². The van der Waals surface area contributed by atoms with Crippen molar-refractivity contribution in [1.82, 2.24) is 9.59 Å². The molecule has 0 amide bonds. The summed E-state index contributed by atoms with van der Waals surface area (Å²) in [5.41, 5.74) is 1.62. The number of hydrogen-bond donors (Lipinski definition) is 1. The van der Waals surface area contributed by atoms with E-state index >= 15 is 0 Å². The van der Waals surface area contributed by atoms with Crippen LogP contribution in [0, 0.1) is 0 Å². The summed E-state index contributed by atoms with van der Waals surface area (Å²) in [7, 11) is 0. The number of aliphatic hydroxyl groups excluding tert-OH is 1. The number of aliphatic hydroxyl groups is 1. The Morgan fingerprint density at radius 2 is 2.10 bits per heavy atom. The van der Waals surface area contributed by atoms with Crippen LogP contribution in [0.2, 0.25) is 0 Å². The Labute approximate surface area is 121 Å². The van der Waals surface area contributed by atoms with E-state index in [1.807, 2.05) is 25.1 Å². The zero-order chi connectivity index (χ0) is 13.9. The molecule has 0 fully saturated rings. The molecule has 106 valence electrons. The van der Waals surface area contributed by atoms with Crippen molar-refractivity contribution in [2.75, 3.05) is 13.2 Å². The summed E-state index contributed by atoms with van der Waals surface area (Å²) in [4.78, 5) is 0.794. The zero-order valence-corrected chi connectivity index (χ0v) is 12.0. The first-order chi connectivity index (χ1) is 9.79. The van der Waals surface area contributed by atoms with E-state index in [9.17, 15) is 5.11 Å². The maximum atomic E-state index is 10.5. The average Bonchev–Trinajstić information content (AvgIpc) is 2.83. The van der Waals surface area contributed by atoms with E-state index in [-0.39, 0.29) is 0 Å². The first-order valence-corrected chi connectivity index (χ1v) is 7.45. The third kappa shape index (κ3) is 2.48. The molecule has 0 spiro atoms. The van der Waals surface area contributed by atoms with Crippen molar-refractivity contribution < 1.29 is 14.6 Å². The summed E-state index contributed by atoms with van der Waals surface area (Å²) >= 11 is 1.24. The number of hydrogen-bond acceptors (Lipinski definition) is 6. The molecule has 2 aromatic rings. The van der Waals surface area contributed by atoms with Crippen molar-refractivity contribution in [3.8, 4) is 11.5 Å². The molecule has 3 rings (SSSR count). The largest absolute Gasteiger partial charge is 0.490 e. The van der Waals surface area contributed by atoms with Crippen molar-refractivity contribution in [2.45, 2.75) is 25.9 Å². The van der Waals surface area contributed by atoms with Gasteiger partial charge in [0.25, 0.3) is 0 Å². The zero-order valence-electron chi connectivity index (χ0n) is 11.2. The van der Waals surface area contributed by atoms with E-state index in [1.165, 1.54) is 11.5 Å². The molecule has 0 bridgehead atoms. The SMILES string of the molecule is CCc1nnsc1C(O)c1ccc2c(c1)OCCCO2. The van der Waals surface area contributed by atoms with Gasteiger partial charge in [0, 0.05) is 6.42 Å². The van der Waals surface area contributed by atoms with Gasteiger partial charge >= 0.3 is 0 Å². The average molecular weight is 292 g/mol. The fraction of sp³-hybridized carbons (Fsp3) is 0.429. The quantitative estimate of drug-likeness (QED) is 0.940. The lowest BCUT2D eigenvalue weighted by atomic mass is 10.1. The van der Waals surface area contributed by atoms with Gasteiger partial charge in [-0.2, -0.15) is 0 Å². The van der Waals surface area contributed by atoms with Gasteiger partial charge in [-0.15, -0.1) is 5.10 Å². The highest BCUT2D eigenvalue weighted by molar-refractivity contribution is 7.05. The lowest BCUT2D eigenvalue weighted by Crippen LogP contribution is -2.02. The van der Waals surface area contributed by atoms with Crippen LogP contribution in [0.1, 0.15) is 35.6 Å². The van der Waals surface area contributed by atoms with Crippen LogP contribution in [0.5, 0.6) is 11.5 Å². The second-order valence-electron chi connectivity index (χ2n) is 4.60. The second kappa shape index (κ2) is 5.76. The first-order valence-electron chi connectivity index (χ1n) is 6.68. The number of nitrogens with zero attached hydrogens (tertiary/aromatic N) is 2. The highest BCUT2D eigenvalue weighted by atomic mass is 32.1. The molecule has 6 heteroatoms. The van der Waals surface area contributed by atoms with Gasteiger partial charge in [-0.05, 0) is 35.6 Å². The number of benzene rings is 1. The topological polar surface area (TPSA) is 64.5 Å². The summed E-state index contributed by atoms with van der Waals surface area (Å²) in [6.45, 7) is 3.30. The Morgan fingerprint density at radius 1 is 1.30 bits per heavy atom. The van der Waals surface area contributed by atoms with Crippen molar-refractivity contribution >= 4 is 11.5 Å². The van der Waals surface area contributed by atoms with Crippen LogP contribution in [0.25, 0.3) is 0 Å². The molecule has 1 unspecified atom stereocenters. The lowest BCUT2D eigenvalue weighted by molar-refractivity contribution is 0.222. The minimum Gasteiger partial charge on any atom is -0.490 e. The fourth-order valence-corrected chi connectivity index (χ4v) is 2.92. The molecule has 1 aromatic carbocycles. The predicted molar refractivity (Wildman–Crippen MR) is 75.4 cm³/mol. The summed E-state index contributed by atoms with van der Waals surface area (Å²) in [6.07, 6.45) is 0.903. The Bertz CT molecular complexity index is 600. The summed E-state index contributed by atoms with van der Waals surface area (Å²) < 4.78 is 15.2. The van der Waals surface area contributed by atoms with Crippen molar-refractivity contribution in [3.05, 3.63) is 34.3 Å². The summed E-state index contributed by atoms with van der Waals surface area (Å²) in [6, 6.07) is 5.54. The van der Waals surface area contributed by atoms with E-state index < -0.39 is 6.10 Å². The Hall–Kier alpha value is -1.66. The third-order valence-electron chi connectivity index (χ3n) is 3.26. The van der Waals surface area contributed by atoms with Gasteiger partial charge in [0.1, 0.15) is 6.10 Å². The van der Waals surface area contributed by atoms with Crippen LogP contribution >= 0.6 is 11.5 Å². The maximum Gasteiger partial charge on any atom is 0.161 e. The van der Waals surface area contributed by atoms with E-state index in [2.05, 4.69) is 9.59 Å². The van der Waals surface area contributed by atoms with Gasteiger partial charge in [-0.3, -0.25) is 0 Å². The third-order valence-corrected chi connectivity index (χ3v) is 4.07. The van der Waals surface area contributed by atoms with E-state index in [0.29, 0.717) is 19.0 Å². The van der Waals surface area contributed by atoms with Gasteiger partial charge in [-0.1, -0.05) is 17.5 Å². The molecule has 1 atom stereocenters. The molecule has 1 aliphatic rings. The van der Waals surface area contributed by atoms with E-state index in [4.69, 9.17) is 9.47 Å². The molecular formula is C14H16N2O3S. The Morgan fingerprint density at radius 3 is 2.90 bits per heavy atom. The molecule has 2 heterocycles. The molecule has 1 aliphatic heterocycles. The van der Waals surface area contributed by atoms with E-state index in [0.717, 1.165) is 34.7 Å². The number of rotatable bonds is 3. The molecule has 0 aliphatic carbocycles. The van der Waals surface area contributed by atoms with Crippen LogP contribution in [0.15, 0.2) is 18.2 Å². The van der Waals surface area contributed by atoms with Gasteiger partial charge in [0.05, 0.1) is 23.8 Å². The van der Waals surface area contributed by atoms with Gasteiger partial charge in [0.15, 0.2) is 11.5 Å². The lowest BCUT2D eigenvalue weighted by Gasteiger charge is -2.13. The van der Waals surface area contributed by atoms with Gasteiger partial charge in [-0.25, -0.2) is 0 Å². The number of fused-ring (bicyclic) bond motifs is 1. The molecule has 0 radical (unpaired) electrons. The smallest absolute Gasteiger partial charge is 0.161 e. The standard InChI is InChI=1S/C14H16N2O3S/c1-2-10-14(20-16-15-10)13(17)9-4-5-11-12(8-9)19-7-3-6-18-11/h4-5,8,13,17H,2-3,6-7H2,1H3. The van der Waals surface area contributed by atoms with Crippen LogP contribution in [-0.2, 0) is 6.42 Å². The molecule has 5 nitrogen and oxygen atoms in total. The number of aryl methyl sites for hydroxylation is 1. The normalized spacial score (nSPS) is 15.7. The second-order valence-corrected chi connectivity index (χ2v) is 5.38. The Balaban J connectivity index is 1.92. The van der Waals surface area contributed by atoms with Gasteiger partial charge < -0.3 is 14.6 Å². The monoisotopic (exact) mass is 292 g/mol. The summed E-state index contributed by atoms with van der Waals surface area (Å²) in [5, 5.41) is 14.5. The number of aromatic nitrogens is 2. The predicted octanol–water partition coefficient (Wildman–Crippen LogP) is 2.34. The van der Waals surface area contributed by atoms with Crippen LogP contribution in [-0.4, -0.2) is 27.9 Å². The van der Waals surface area contributed by atoms with Crippen molar-refractivity contribution in [3.63, 3.8) is 0 Å². The van der Waals surface area contributed by atoms with Crippen LogP contribution < -0.4 is 9.47 Å². The fourth-order valence-electron chi connectivity index (χ4n) is 2.17. The summed E-state index contributed by atoms with van der Waals surface area (Å²) in [5.74, 6) is 1.42. The minimum absolute atomic E-state index is 0.634. The van der Waals surface area contributed by atoms with Crippen molar-refractivity contribution in [2.24, 2.45) is 0 Å². The van der Waals surface area contributed by atoms with Crippen LogP contribution in [0.3, 0.4) is 0 Å². The molecule has 1 N–H and O–H groups in total. The van der Waals surface area contributed by atoms with Crippen LogP contribution in [0.4, 0.5) is 0 Å². The molecule has 0 saturated carbocycles. The molecule has 0 saturated heterocycles. The van der Waals surface area contributed by atoms with Gasteiger partial charge in [0.2, 0.25) is 0 Å². The van der Waals surface area contributed by atoms with Crippen molar-refractivity contribution in [1.29, 1.82) is 0 Å². The highest BCUT2D eigenvalue weighted by Gasteiger charge is 2.20. The number of ether oxygens (including phenoxy) is 2. The Kier molecular flexibility index (Phi) is 3.84. The first kappa shape index (κ1) is 13.3. The maximum absolute atomic E-state index is 10.5. The molecule has 20 heavy (non-hydrogen) atoms. The minimum atomic E-state index is -0.720. The molecular weight excluding hydrogens is 276 g/mol.